The van der Waals surface area contributed by atoms with E-state index < -0.39 is 0 Å². The molecule has 2 heterocycles. The lowest BCUT2D eigenvalue weighted by Crippen LogP contribution is -2.25. The van der Waals surface area contributed by atoms with E-state index in [4.69, 9.17) is 16.6 Å². The highest BCUT2D eigenvalue weighted by Gasteiger charge is 2.15. The molecule has 1 N–H and O–H groups in total. The molecule has 1 aromatic carbocycles. The van der Waals surface area contributed by atoms with Crippen LogP contribution in [0.3, 0.4) is 0 Å². The molecule has 27 heavy (non-hydrogen) atoms. The van der Waals surface area contributed by atoms with E-state index >= 15 is 0 Å². The molecule has 0 aliphatic heterocycles. The third-order valence-corrected chi connectivity index (χ3v) is 6.09. The van der Waals surface area contributed by atoms with E-state index in [1.807, 2.05) is 29.5 Å². The van der Waals surface area contributed by atoms with E-state index in [1.165, 1.54) is 34.8 Å². The number of hydrogen-bond donors (Lipinski definition) is 1. The predicted molar refractivity (Wildman–Crippen MR) is 108 cm³/mol. The Morgan fingerprint density at radius 3 is 3.00 bits per heavy atom. The lowest BCUT2D eigenvalue weighted by molar-refractivity contribution is 0.0948. The quantitative estimate of drug-likeness (QED) is 0.630. The van der Waals surface area contributed by atoms with Gasteiger partial charge in [0.15, 0.2) is 5.69 Å². The summed E-state index contributed by atoms with van der Waals surface area (Å²) in [7, 11) is 0. The summed E-state index contributed by atoms with van der Waals surface area (Å²) in [5, 5.41) is 9.11. The number of rotatable bonds is 6. The van der Waals surface area contributed by atoms with E-state index in [2.05, 4.69) is 10.4 Å². The molecular formula is C20H21ClN4OS. The molecule has 0 radical (unpaired) electrons. The zero-order chi connectivity index (χ0) is 18.6. The number of benzene rings is 1. The second kappa shape index (κ2) is 8.23. The van der Waals surface area contributed by atoms with Crippen LogP contribution in [0.4, 0.5) is 0 Å². The van der Waals surface area contributed by atoms with Crippen molar-refractivity contribution >= 4 is 28.8 Å². The Kier molecular flexibility index (Phi) is 5.55. The molecule has 1 amide bonds. The van der Waals surface area contributed by atoms with Gasteiger partial charge in [0, 0.05) is 29.1 Å². The van der Waals surface area contributed by atoms with Crippen molar-refractivity contribution in [2.45, 2.75) is 38.5 Å². The van der Waals surface area contributed by atoms with Gasteiger partial charge in [0.2, 0.25) is 0 Å². The summed E-state index contributed by atoms with van der Waals surface area (Å²) < 4.78 is 1.65. The van der Waals surface area contributed by atoms with Crippen molar-refractivity contribution in [3.05, 3.63) is 62.8 Å². The van der Waals surface area contributed by atoms with Gasteiger partial charge >= 0.3 is 0 Å². The van der Waals surface area contributed by atoms with Gasteiger partial charge in [-0.25, -0.2) is 9.67 Å². The topological polar surface area (TPSA) is 59.8 Å². The van der Waals surface area contributed by atoms with Gasteiger partial charge in [-0.3, -0.25) is 4.79 Å². The van der Waals surface area contributed by atoms with Gasteiger partial charge in [-0.15, -0.1) is 11.3 Å². The Hall–Kier alpha value is -2.18. The number of aromatic nitrogens is 3. The molecule has 1 aliphatic carbocycles. The third-order valence-electron chi connectivity index (χ3n) is 4.64. The zero-order valence-corrected chi connectivity index (χ0v) is 16.5. The smallest absolute Gasteiger partial charge is 0.271 e. The maximum absolute atomic E-state index is 12.3. The molecule has 0 bridgehead atoms. The van der Waals surface area contributed by atoms with Gasteiger partial charge in [-0.2, -0.15) is 5.10 Å². The minimum atomic E-state index is -0.158. The Bertz CT molecular complexity index is 926. The number of thiazole rings is 1. The molecule has 4 rings (SSSR count). The fourth-order valence-corrected chi connectivity index (χ4v) is 4.64. The molecule has 0 fully saturated rings. The van der Waals surface area contributed by atoms with Gasteiger partial charge in [0.1, 0.15) is 0 Å². The van der Waals surface area contributed by atoms with E-state index in [0.29, 0.717) is 17.3 Å². The number of hydrogen-bond acceptors (Lipinski definition) is 4. The Morgan fingerprint density at radius 2 is 2.15 bits per heavy atom. The number of fused-ring (bicyclic) bond motifs is 1. The monoisotopic (exact) mass is 400 g/mol. The number of aryl methyl sites for hydroxylation is 3. The van der Waals surface area contributed by atoms with Crippen molar-refractivity contribution < 1.29 is 4.79 Å². The molecule has 5 nitrogen and oxygen atoms in total. The van der Waals surface area contributed by atoms with E-state index in [9.17, 15) is 4.79 Å². The minimum Gasteiger partial charge on any atom is -0.351 e. The molecule has 140 valence electrons. The number of nitrogens with zero attached hydrogens (tertiary/aromatic N) is 3. The van der Waals surface area contributed by atoms with Crippen molar-refractivity contribution in [2.24, 2.45) is 0 Å². The van der Waals surface area contributed by atoms with Crippen LogP contribution in [0.5, 0.6) is 0 Å². The SMILES string of the molecule is O=C(NCCCc1nc2c(s1)CCCC2)c1ccn(-c2cccc(Cl)c2)n1. The van der Waals surface area contributed by atoms with E-state index in [-0.39, 0.29) is 5.91 Å². The van der Waals surface area contributed by atoms with Crippen molar-refractivity contribution in [2.75, 3.05) is 6.54 Å². The fraction of sp³-hybridized carbons (Fsp3) is 0.350. The summed E-state index contributed by atoms with van der Waals surface area (Å²) in [6, 6.07) is 9.08. The number of amides is 1. The molecule has 0 saturated heterocycles. The largest absolute Gasteiger partial charge is 0.351 e. The lowest BCUT2D eigenvalue weighted by atomic mass is 10.0. The van der Waals surface area contributed by atoms with Crippen LogP contribution >= 0.6 is 22.9 Å². The standard InChI is InChI=1S/C20H21ClN4OS/c21-14-5-3-6-15(13-14)25-12-10-17(24-25)20(26)22-11-4-9-19-23-16-7-1-2-8-18(16)27-19/h3,5-6,10,12-13H,1-2,4,7-9,11H2,(H,22,26). The lowest BCUT2D eigenvalue weighted by Gasteiger charge is -2.06. The molecular weight excluding hydrogens is 380 g/mol. The van der Waals surface area contributed by atoms with E-state index in [1.54, 1.807) is 23.0 Å². The molecule has 1 aliphatic rings. The molecule has 3 aromatic rings. The normalized spacial score (nSPS) is 13.4. The molecule has 0 saturated carbocycles. The van der Waals surface area contributed by atoms with E-state index in [0.717, 1.165) is 24.9 Å². The fourth-order valence-electron chi connectivity index (χ4n) is 3.25. The van der Waals surface area contributed by atoms with Crippen LogP contribution in [0.25, 0.3) is 5.69 Å². The Balaban J connectivity index is 1.28. The first-order valence-corrected chi connectivity index (χ1v) is 10.5. The highest BCUT2D eigenvalue weighted by molar-refractivity contribution is 7.11. The number of halogens is 1. The summed E-state index contributed by atoms with van der Waals surface area (Å²) >= 11 is 7.85. The summed E-state index contributed by atoms with van der Waals surface area (Å²) in [4.78, 5) is 18.5. The van der Waals surface area contributed by atoms with Crippen LogP contribution in [0.15, 0.2) is 36.5 Å². The minimum absolute atomic E-state index is 0.158. The summed E-state index contributed by atoms with van der Waals surface area (Å²) in [5.74, 6) is -0.158. The predicted octanol–water partition coefficient (Wildman–Crippen LogP) is 4.22. The van der Waals surface area contributed by atoms with Crippen LogP contribution in [-0.4, -0.2) is 27.2 Å². The van der Waals surface area contributed by atoms with Gasteiger partial charge in [0.25, 0.3) is 5.91 Å². The number of carbonyl (C=O) groups is 1. The first-order chi connectivity index (χ1) is 13.2. The second-order valence-electron chi connectivity index (χ2n) is 6.67. The summed E-state index contributed by atoms with van der Waals surface area (Å²) in [6.45, 7) is 0.618. The maximum Gasteiger partial charge on any atom is 0.271 e. The Morgan fingerprint density at radius 1 is 1.26 bits per heavy atom. The Labute approximate surface area is 167 Å². The number of carbonyl (C=O) groups excluding carboxylic acids is 1. The average Bonchev–Trinajstić information content (AvgIpc) is 3.32. The number of nitrogens with one attached hydrogen (secondary N) is 1. The first-order valence-electron chi connectivity index (χ1n) is 9.26. The third kappa shape index (κ3) is 4.39. The molecule has 7 heteroatoms. The van der Waals surface area contributed by atoms with Gasteiger partial charge in [-0.1, -0.05) is 17.7 Å². The van der Waals surface area contributed by atoms with Crippen molar-refractivity contribution in [1.29, 1.82) is 0 Å². The second-order valence-corrected chi connectivity index (χ2v) is 8.27. The maximum atomic E-state index is 12.3. The van der Waals surface area contributed by atoms with Crippen molar-refractivity contribution in [3.8, 4) is 5.69 Å². The summed E-state index contributed by atoms with van der Waals surface area (Å²) in [5.41, 5.74) is 2.53. The first kappa shape index (κ1) is 18.2. The molecule has 0 spiro atoms. The van der Waals surface area contributed by atoms with Crippen LogP contribution in [0.2, 0.25) is 5.02 Å². The van der Waals surface area contributed by atoms with Gasteiger partial charge in [0.05, 0.1) is 16.4 Å². The molecule has 2 aromatic heterocycles. The highest BCUT2D eigenvalue weighted by Crippen LogP contribution is 2.27. The average molecular weight is 401 g/mol. The van der Waals surface area contributed by atoms with Crippen LogP contribution < -0.4 is 5.32 Å². The van der Waals surface area contributed by atoms with Crippen molar-refractivity contribution in [1.82, 2.24) is 20.1 Å². The van der Waals surface area contributed by atoms with Crippen LogP contribution in [0.1, 0.15) is 45.3 Å². The summed E-state index contributed by atoms with van der Waals surface area (Å²) in [6.07, 6.45) is 8.40. The highest BCUT2D eigenvalue weighted by atomic mass is 35.5. The van der Waals surface area contributed by atoms with Crippen molar-refractivity contribution in [3.63, 3.8) is 0 Å². The van der Waals surface area contributed by atoms with Crippen LogP contribution in [0, 0.1) is 0 Å². The van der Waals surface area contributed by atoms with Gasteiger partial charge in [-0.05, 0) is 56.4 Å². The zero-order valence-electron chi connectivity index (χ0n) is 14.9. The molecule has 0 unspecified atom stereocenters. The molecule has 0 atom stereocenters. The van der Waals surface area contributed by atoms with Crippen LogP contribution in [-0.2, 0) is 19.3 Å². The van der Waals surface area contributed by atoms with Gasteiger partial charge < -0.3 is 5.32 Å².